The van der Waals surface area contributed by atoms with Gasteiger partial charge in [0.15, 0.2) is 5.82 Å². The van der Waals surface area contributed by atoms with Gasteiger partial charge in [-0.05, 0) is 26.1 Å². The lowest BCUT2D eigenvalue weighted by Gasteiger charge is -2.30. The molecule has 0 saturated carbocycles. The first kappa shape index (κ1) is 16.7. The Bertz CT molecular complexity index is 588. The van der Waals surface area contributed by atoms with Gasteiger partial charge in [0.05, 0.1) is 16.3 Å². The van der Waals surface area contributed by atoms with Crippen LogP contribution in [0.4, 0.5) is 0 Å². The Kier molecular flexibility index (Phi) is 5.62. The second-order valence-corrected chi connectivity index (χ2v) is 6.80. The Hall–Kier alpha value is -0.660. The van der Waals surface area contributed by atoms with Crippen molar-refractivity contribution in [1.29, 1.82) is 0 Å². The van der Waals surface area contributed by atoms with Crippen LogP contribution in [0.25, 0.3) is 0 Å². The minimum Gasteiger partial charge on any atom is -0.339 e. The summed E-state index contributed by atoms with van der Waals surface area (Å²) in [4.78, 5) is 7.96. The molecule has 1 N–H and O–H groups in total. The van der Waals surface area contributed by atoms with Crippen molar-refractivity contribution in [2.45, 2.75) is 18.9 Å². The summed E-state index contributed by atoms with van der Waals surface area (Å²) in [7, 11) is 2.09. The SMILES string of the molecule is CC(c1nc(C2CNCCN2C)no1)c1ccc(Cl)s1.Cl. The topological polar surface area (TPSA) is 54.2 Å². The number of halogens is 2. The average molecular weight is 349 g/mol. The van der Waals surface area contributed by atoms with Gasteiger partial charge in [-0.3, -0.25) is 4.90 Å². The molecule has 116 valence electrons. The second kappa shape index (κ2) is 7.07. The zero-order valence-electron chi connectivity index (χ0n) is 11.9. The predicted octanol–water partition coefficient (Wildman–Crippen LogP) is 2.93. The minimum atomic E-state index is 0. The number of rotatable bonds is 3. The number of thiophene rings is 1. The van der Waals surface area contributed by atoms with Crippen LogP contribution >= 0.6 is 35.3 Å². The van der Waals surface area contributed by atoms with Gasteiger partial charge in [-0.1, -0.05) is 16.8 Å². The molecule has 2 atom stereocenters. The minimum absolute atomic E-state index is 0. The molecular weight excluding hydrogens is 331 g/mol. The standard InChI is InChI=1S/C13H17ClN4OS.ClH/c1-8(10-3-4-11(14)20-10)13-16-12(17-19-13)9-7-15-5-6-18(9)2;/h3-4,8-9,15H,5-7H2,1-2H3;1H. The molecule has 0 spiro atoms. The number of nitrogens with zero attached hydrogens (tertiary/aromatic N) is 3. The molecule has 1 saturated heterocycles. The highest BCUT2D eigenvalue weighted by atomic mass is 35.5. The van der Waals surface area contributed by atoms with Crippen molar-refractivity contribution in [3.63, 3.8) is 0 Å². The highest BCUT2D eigenvalue weighted by molar-refractivity contribution is 7.16. The van der Waals surface area contributed by atoms with E-state index in [9.17, 15) is 0 Å². The van der Waals surface area contributed by atoms with Crippen LogP contribution in [0, 0.1) is 0 Å². The van der Waals surface area contributed by atoms with E-state index in [1.54, 1.807) is 11.3 Å². The van der Waals surface area contributed by atoms with Crippen LogP contribution in [0.1, 0.15) is 35.5 Å². The molecule has 0 aliphatic carbocycles. The van der Waals surface area contributed by atoms with E-state index < -0.39 is 0 Å². The quantitative estimate of drug-likeness (QED) is 0.923. The normalized spacial score (nSPS) is 21.0. The summed E-state index contributed by atoms with van der Waals surface area (Å²) < 4.78 is 6.22. The second-order valence-electron chi connectivity index (χ2n) is 5.05. The molecular formula is C13H18Cl2N4OS. The zero-order valence-corrected chi connectivity index (χ0v) is 14.3. The molecule has 1 fully saturated rings. The largest absolute Gasteiger partial charge is 0.339 e. The summed E-state index contributed by atoms with van der Waals surface area (Å²) in [6.07, 6.45) is 0. The van der Waals surface area contributed by atoms with E-state index in [0.717, 1.165) is 34.7 Å². The lowest BCUT2D eigenvalue weighted by molar-refractivity contribution is 0.190. The first-order valence-corrected chi connectivity index (χ1v) is 7.84. The third-order valence-electron chi connectivity index (χ3n) is 3.66. The van der Waals surface area contributed by atoms with Gasteiger partial charge in [-0.2, -0.15) is 4.98 Å². The van der Waals surface area contributed by atoms with Crippen molar-refractivity contribution in [3.8, 4) is 0 Å². The summed E-state index contributed by atoms with van der Waals surface area (Å²) >= 11 is 7.53. The van der Waals surface area contributed by atoms with E-state index in [2.05, 4.69) is 34.3 Å². The van der Waals surface area contributed by atoms with Crippen LogP contribution in [0.5, 0.6) is 0 Å². The van der Waals surface area contributed by atoms with Gasteiger partial charge < -0.3 is 9.84 Å². The van der Waals surface area contributed by atoms with Crippen molar-refractivity contribution in [2.75, 3.05) is 26.7 Å². The van der Waals surface area contributed by atoms with Crippen molar-refractivity contribution >= 4 is 35.3 Å². The number of aromatic nitrogens is 2. The number of likely N-dealkylation sites (N-methyl/N-ethyl adjacent to an activating group) is 1. The van der Waals surface area contributed by atoms with Gasteiger partial charge in [0.25, 0.3) is 0 Å². The number of hydrogen-bond donors (Lipinski definition) is 1. The van der Waals surface area contributed by atoms with E-state index >= 15 is 0 Å². The highest BCUT2D eigenvalue weighted by Gasteiger charge is 2.27. The number of hydrogen-bond acceptors (Lipinski definition) is 6. The zero-order chi connectivity index (χ0) is 14.1. The summed E-state index contributed by atoms with van der Waals surface area (Å²) in [5.41, 5.74) is 0. The first-order valence-electron chi connectivity index (χ1n) is 6.65. The Morgan fingerprint density at radius 3 is 3.00 bits per heavy atom. The summed E-state index contributed by atoms with van der Waals surface area (Å²) in [6, 6.07) is 4.09. The average Bonchev–Trinajstić information content (AvgIpc) is 3.07. The smallest absolute Gasteiger partial charge is 0.234 e. The molecule has 0 radical (unpaired) electrons. The molecule has 1 aliphatic rings. The Morgan fingerprint density at radius 1 is 1.52 bits per heavy atom. The lowest BCUT2D eigenvalue weighted by Crippen LogP contribution is -2.44. The summed E-state index contributed by atoms with van der Waals surface area (Å²) in [5.74, 6) is 1.48. The van der Waals surface area contributed by atoms with Crippen molar-refractivity contribution < 1.29 is 4.52 Å². The number of piperazine rings is 1. The molecule has 0 amide bonds. The van der Waals surface area contributed by atoms with Gasteiger partial charge in [-0.25, -0.2) is 0 Å². The summed E-state index contributed by atoms with van der Waals surface area (Å²) in [5, 5.41) is 7.51. The van der Waals surface area contributed by atoms with Crippen LogP contribution in [-0.2, 0) is 0 Å². The maximum atomic E-state index is 5.97. The molecule has 2 aromatic heterocycles. The van der Waals surface area contributed by atoms with Gasteiger partial charge in [0, 0.05) is 24.5 Å². The van der Waals surface area contributed by atoms with Crippen LogP contribution in [0.3, 0.4) is 0 Å². The molecule has 0 aromatic carbocycles. The van der Waals surface area contributed by atoms with E-state index in [1.807, 2.05) is 12.1 Å². The molecule has 21 heavy (non-hydrogen) atoms. The lowest BCUT2D eigenvalue weighted by atomic mass is 10.1. The summed E-state index contributed by atoms with van der Waals surface area (Å²) in [6.45, 7) is 4.91. The Labute approximate surface area is 139 Å². The molecule has 0 bridgehead atoms. The maximum Gasteiger partial charge on any atom is 0.234 e. The molecule has 5 nitrogen and oxygen atoms in total. The van der Waals surface area contributed by atoms with Gasteiger partial charge in [-0.15, -0.1) is 23.7 Å². The molecule has 2 aromatic rings. The van der Waals surface area contributed by atoms with Crippen LogP contribution < -0.4 is 5.32 Å². The van der Waals surface area contributed by atoms with Gasteiger partial charge >= 0.3 is 0 Å². The first-order chi connectivity index (χ1) is 9.65. The number of nitrogens with one attached hydrogen (secondary N) is 1. The van der Waals surface area contributed by atoms with E-state index in [-0.39, 0.29) is 24.4 Å². The Morgan fingerprint density at radius 2 is 2.33 bits per heavy atom. The maximum absolute atomic E-state index is 5.97. The van der Waals surface area contributed by atoms with E-state index in [0.29, 0.717) is 5.89 Å². The Balaban J connectivity index is 0.00000161. The van der Waals surface area contributed by atoms with Crippen LogP contribution in [0.2, 0.25) is 4.34 Å². The molecule has 3 rings (SSSR count). The van der Waals surface area contributed by atoms with Crippen molar-refractivity contribution in [2.24, 2.45) is 0 Å². The van der Waals surface area contributed by atoms with Crippen LogP contribution in [-0.4, -0.2) is 41.7 Å². The highest BCUT2D eigenvalue weighted by Crippen LogP contribution is 2.32. The molecule has 2 unspecified atom stereocenters. The molecule has 8 heteroatoms. The molecule has 3 heterocycles. The van der Waals surface area contributed by atoms with Crippen molar-refractivity contribution in [3.05, 3.63) is 33.1 Å². The predicted molar refractivity (Wildman–Crippen MR) is 86.6 cm³/mol. The van der Waals surface area contributed by atoms with E-state index in [4.69, 9.17) is 16.1 Å². The monoisotopic (exact) mass is 348 g/mol. The fourth-order valence-electron chi connectivity index (χ4n) is 2.34. The van der Waals surface area contributed by atoms with Crippen LogP contribution in [0.15, 0.2) is 16.7 Å². The molecule has 1 aliphatic heterocycles. The third kappa shape index (κ3) is 3.57. The van der Waals surface area contributed by atoms with Gasteiger partial charge in [0.1, 0.15) is 0 Å². The fraction of sp³-hybridized carbons (Fsp3) is 0.538. The van der Waals surface area contributed by atoms with Crippen molar-refractivity contribution in [1.82, 2.24) is 20.4 Å². The van der Waals surface area contributed by atoms with Gasteiger partial charge in [0.2, 0.25) is 5.89 Å². The third-order valence-corrected chi connectivity index (χ3v) is 5.07. The fourth-order valence-corrected chi connectivity index (χ4v) is 3.44. The van der Waals surface area contributed by atoms with E-state index in [1.165, 1.54) is 0 Å².